The first kappa shape index (κ1) is 12.1. The summed E-state index contributed by atoms with van der Waals surface area (Å²) in [6.07, 6.45) is 1.59. The maximum Gasteiger partial charge on any atom is 0.177 e. The van der Waals surface area contributed by atoms with Crippen LogP contribution in [-0.4, -0.2) is 44.6 Å². The quantitative estimate of drug-likeness (QED) is 0.643. The highest BCUT2D eigenvalue weighted by Gasteiger charge is 2.09. The van der Waals surface area contributed by atoms with E-state index in [4.69, 9.17) is 4.74 Å². The average molecular weight is 214 g/mol. The van der Waals surface area contributed by atoms with Crippen LogP contribution in [0.2, 0.25) is 0 Å². The molecule has 1 aromatic rings. The van der Waals surface area contributed by atoms with Crippen molar-refractivity contribution < 1.29 is 9.84 Å². The zero-order chi connectivity index (χ0) is 11.1. The highest BCUT2D eigenvalue weighted by molar-refractivity contribution is 4.80. The van der Waals surface area contributed by atoms with E-state index in [9.17, 15) is 5.11 Å². The Morgan fingerprint density at radius 2 is 2.27 bits per heavy atom. The minimum atomic E-state index is -0.453. The molecule has 1 N–H and O–H groups in total. The van der Waals surface area contributed by atoms with Crippen molar-refractivity contribution in [3.05, 3.63) is 5.82 Å². The first-order valence-electron chi connectivity index (χ1n) is 5.21. The lowest BCUT2D eigenvalue weighted by Crippen LogP contribution is -2.15. The largest absolute Gasteiger partial charge is 0.393 e. The molecule has 1 rings (SSSR count). The number of aliphatic hydroxyl groups is 1. The first-order valence-corrected chi connectivity index (χ1v) is 5.21. The Morgan fingerprint density at radius 1 is 1.47 bits per heavy atom. The summed E-state index contributed by atoms with van der Waals surface area (Å²) in [6.45, 7) is 3.38. The lowest BCUT2D eigenvalue weighted by atomic mass is 10.2. The van der Waals surface area contributed by atoms with Crippen molar-refractivity contribution in [3.8, 4) is 0 Å². The van der Waals surface area contributed by atoms with Gasteiger partial charge in [0.1, 0.15) is 0 Å². The smallest absolute Gasteiger partial charge is 0.177 e. The normalized spacial score (nSPS) is 13.0. The third-order valence-corrected chi connectivity index (χ3v) is 1.91. The summed E-state index contributed by atoms with van der Waals surface area (Å²) in [6, 6.07) is 0. The van der Waals surface area contributed by atoms with Gasteiger partial charge in [-0.05, 0) is 18.1 Å². The third kappa shape index (κ3) is 4.85. The van der Waals surface area contributed by atoms with E-state index in [1.54, 1.807) is 7.05 Å². The Balaban J connectivity index is 2.15. The third-order valence-electron chi connectivity index (χ3n) is 1.91. The fraction of sp³-hybridized carbons (Fsp3) is 0.889. The van der Waals surface area contributed by atoms with Gasteiger partial charge in [-0.25, -0.2) is 0 Å². The fourth-order valence-corrected chi connectivity index (χ4v) is 1.18. The molecular weight excluding hydrogens is 196 g/mol. The zero-order valence-corrected chi connectivity index (χ0v) is 9.26. The molecule has 1 atom stereocenters. The zero-order valence-electron chi connectivity index (χ0n) is 9.26. The maximum atomic E-state index is 9.61. The van der Waals surface area contributed by atoms with Gasteiger partial charge in [0.2, 0.25) is 0 Å². The standard InChI is InChI=1S/C9H18N4O2/c1-3-5-15-6-4-8(14)7-9-10-12-13(2)11-9/h8,14H,3-7H2,1-2H3. The number of hydrogen-bond donors (Lipinski definition) is 1. The molecule has 15 heavy (non-hydrogen) atoms. The van der Waals surface area contributed by atoms with E-state index >= 15 is 0 Å². The Bertz CT molecular complexity index is 277. The summed E-state index contributed by atoms with van der Waals surface area (Å²) in [5, 5.41) is 21.1. The Labute approximate surface area is 89.2 Å². The van der Waals surface area contributed by atoms with Crippen LogP contribution in [0.15, 0.2) is 0 Å². The van der Waals surface area contributed by atoms with Crippen molar-refractivity contribution >= 4 is 0 Å². The molecule has 0 spiro atoms. The summed E-state index contributed by atoms with van der Waals surface area (Å²) in [5.74, 6) is 0.570. The van der Waals surface area contributed by atoms with Crippen LogP contribution in [0.1, 0.15) is 25.6 Å². The summed E-state index contributed by atoms with van der Waals surface area (Å²) >= 11 is 0. The molecule has 6 nitrogen and oxygen atoms in total. The summed E-state index contributed by atoms with van der Waals surface area (Å²) in [7, 11) is 1.70. The molecule has 0 radical (unpaired) electrons. The van der Waals surface area contributed by atoms with Gasteiger partial charge in [0.15, 0.2) is 5.82 Å². The Morgan fingerprint density at radius 3 is 2.87 bits per heavy atom. The van der Waals surface area contributed by atoms with E-state index in [1.165, 1.54) is 4.80 Å². The van der Waals surface area contributed by atoms with Crippen LogP contribution in [0.3, 0.4) is 0 Å². The van der Waals surface area contributed by atoms with Gasteiger partial charge in [0, 0.05) is 19.6 Å². The molecule has 0 saturated carbocycles. The second kappa shape index (κ2) is 6.47. The van der Waals surface area contributed by atoms with Gasteiger partial charge in [-0.1, -0.05) is 6.92 Å². The molecule has 0 bridgehead atoms. The summed E-state index contributed by atoms with van der Waals surface area (Å²) in [4.78, 5) is 1.38. The minimum absolute atomic E-state index is 0.434. The highest BCUT2D eigenvalue weighted by Crippen LogP contribution is 2.00. The van der Waals surface area contributed by atoms with Crippen LogP contribution >= 0.6 is 0 Å². The lowest BCUT2D eigenvalue weighted by Gasteiger charge is -2.07. The van der Waals surface area contributed by atoms with Crippen LogP contribution in [-0.2, 0) is 18.2 Å². The van der Waals surface area contributed by atoms with Crippen LogP contribution < -0.4 is 0 Å². The van der Waals surface area contributed by atoms with E-state index in [0.717, 1.165) is 13.0 Å². The van der Waals surface area contributed by atoms with Crippen LogP contribution in [0.5, 0.6) is 0 Å². The van der Waals surface area contributed by atoms with Crippen molar-refractivity contribution in [1.82, 2.24) is 20.2 Å². The molecular formula is C9H18N4O2. The van der Waals surface area contributed by atoms with Crippen molar-refractivity contribution in [3.63, 3.8) is 0 Å². The highest BCUT2D eigenvalue weighted by atomic mass is 16.5. The minimum Gasteiger partial charge on any atom is -0.393 e. The molecule has 0 amide bonds. The monoisotopic (exact) mass is 214 g/mol. The van der Waals surface area contributed by atoms with Crippen LogP contribution in [0.4, 0.5) is 0 Å². The number of aliphatic hydroxyl groups excluding tert-OH is 1. The fourth-order valence-electron chi connectivity index (χ4n) is 1.18. The van der Waals surface area contributed by atoms with Gasteiger partial charge in [0.05, 0.1) is 13.2 Å². The number of nitrogens with zero attached hydrogens (tertiary/aromatic N) is 4. The van der Waals surface area contributed by atoms with Crippen molar-refractivity contribution in [1.29, 1.82) is 0 Å². The number of ether oxygens (including phenoxy) is 1. The molecule has 0 aromatic carbocycles. The van der Waals surface area contributed by atoms with Crippen molar-refractivity contribution in [2.75, 3.05) is 13.2 Å². The second-order valence-corrected chi connectivity index (χ2v) is 3.45. The molecule has 0 saturated heterocycles. The number of hydrogen-bond acceptors (Lipinski definition) is 5. The van der Waals surface area contributed by atoms with E-state index in [2.05, 4.69) is 22.3 Å². The second-order valence-electron chi connectivity index (χ2n) is 3.45. The Hall–Kier alpha value is -1.01. The molecule has 6 heteroatoms. The summed E-state index contributed by atoms with van der Waals surface area (Å²) < 4.78 is 5.27. The van der Waals surface area contributed by atoms with Gasteiger partial charge in [-0.3, -0.25) is 0 Å². The lowest BCUT2D eigenvalue weighted by molar-refractivity contribution is 0.0815. The number of aryl methyl sites for hydroxylation is 1. The molecule has 0 aliphatic heterocycles. The van der Waals surface area contributed by atoms with Gasteiger partial charge in [-0.2, -0.15) is 4.80 Å². The predicted molar refractivity (Wildman–Crippen MR) is 54.2 cm³/mol. The van der Waals surface area contributed by atoms with E-state index in [-0.39, 0.29) is 0 Å². The summed E-state index contributed by atoms with van der Waals surface area (Å²) in [5.41, 5.74) is 0. The van der Waals surface area contributed by atoms with Crippen LogP contribution in [0.25, 0.3) is 0 Å². The molecule has 1 heterocycles. The number of aromatic nitrogens is 4. The van der Waals surface area contributed by atoms with Gasteiger partial charge in [0.25, 0.3) is 0 Å². The number of tetrazole rings is 1. The van der Waals surface area contributed by atoms with E-state index < -0.39 is 6.10 Å². The Kier molecular flexibility index (Phi) is 5.20. The molecule has 1 unspecified atom stereocenters. The molecule has 86 valence electrons. The molecule has 0 aliphatic rings. The van der Waals surface area contributed by atoms with Crippen LogP contribution in [0, 0.1) is 0 Å². The SMILES string of the molecule is CCCOCCC(O)Cc1nnn(C)n1. The maximum absolute atomic E-state index is 9.61. The first-order chi connectivity index (χ1) is 7.22. The molecule has 1 aromatic heterocycles. The molecule has 0 fully saturated rings. The number of rotatable bonds is 7. The van der Waals surface area contributed by atoms with Crippen molar-refractivity contribution in [2.24, 2.45) is 7.05 Å². The van der Waals surface area contributed by atoms with E-state index in [0.29, 0.717) is 25.3 Å². The van der Waals surface area contributed by atoms with E-state index in [1.807, 2.05) is 0 Å². The van der Waals surface area contributed by atoms with Crippen molar-refractivity contribution in [2.45, 2.75) is 32.3 Å². The molecule has 0 aliphatic carbocycles. The van der Waals surface area contributed by atoms with Gasteiger partial charge < -0.3 is 9.84 Å². The topological polar surface area (TPSA) is 73.1 Å². The van der Waals surface area contributed by atoms with Gasteiger partial charge in [-0.15, -0.1) is 10.2 Å². The van der Waals surface area contributed by atoms with Gasteiger partial charge >= 0.3 is 0 Å². The average Bonchev–Trinajstić information content (AvgIpc) is 2.59. The predicted octanol–water partition coefficient (Wildman–Crippen LogP) is -0.0698.